The summed E-state index contributed by atoms with van der Waals surface area (Å²) in [5, 5.41) is 0. The number of rotatable bonds is 2. The van der Waals surface area contributed by atoms with E-state index in [1.54, 1.807) is 0 Å². The minimum atomic E-state index is -4.93. The van der Waals surface area contributed by atoms with Crippen LogP contribution in [0.2, 0.25) is 0 Å². The van der Waals surface area contributed by atoms with Crippen molar-refractivity contribution in [3.63, 3.8) is 0 Å². The van der Waals surface area contributed by atoms with Gasteiger partial charge < -0.3 is 14.7 Å². The van der Waals surface area contributed by atoms with Crippen molar-refractivity contribution in [3.8, 4) is 0 Å². The Bertz CT molecular complexity index is 156. The van der Waals surface area contributed by atoms with E-state index in [1.165, 1.54) is 0 Å². The van der Waals surface area contributed by atoms with Crippen molar-refractivity contribution in [2.24, 2.45) is 0 Å². The Morgan fingerprint density at radius 1 is 1.20 bits per heavy atom. The van der Waals surface area contributed by atoms with E-state index in [2.05, 4.69) is 15.6 Å². The molecule has 10 heavy (non-hydrogen) atoms. The Kier molecular flexibility index (Phi) is 7.21. The Morgan fingerprint density at radius 3 is 1.50 bits per heavy atom. The third kappa shape index (κ3) is 12.7. The van der Waals surface area contributed by atoms with Crippen LogP contribution in [0.15, 0.2) is 0 Å². The van der Waals surface area contributed by atoms with Crippen LogP contribution in [0.4, 0.5) is 0 Å². The summed E-state index contributed by atoms with van der Waals surface area (Å²) in [7, 11) is -4.93. The second-order valence-corrected chi connectivity index (χ2v) is 4.84. The molecule has 1 unspecified atom stereocenters. The van der Waals surface area contributed by atoms with Crippen LogP contribution in [-0.2, 0) is 13.4 Å². The third-order valence-corrected chi connectivity index (χ3v) is 2.42. The Morgan fingerprint density at radius 2 is 1.50 bits per heavy atom. The molecule has 0 saturated carbocycles. The standard InChI is InChI=1S/ClH3O6P2.Sr.2H/c1-8(2,3)7-9(4,5)6;;;/h(H,2,3)(H2,4,5,6);;;. The van der Waals surface area contributed by atoms with Crippen LogP contribution in [0.5, 0.6) is 0 Å². The summed E-state index contributed by atoms with van der Waals surface area (Å²) >= 11 is 4.41. The molecule has 0 aliphatic heterocycles. The van der Waals surface area contributed by atoms with Crippen LogP contribution in [0.1, 0.15) is 0 Å². The molecule has 0 aliphatic carbocycles. The van der Waals surface area contributed by atoms with Gasteiger partial charge in [-0.1, -0.05) is 0 Å². The summed E-state index contributed by atoms with van der Waals surface area (Å²) in [6, 6.07) is 0. The SMILES string of the molecule is O=P(O)(O)OP(=O)(O)Cl.[SrH2]. The summed E-state index contributed by atoms with van der Waals surface area (Å²) in [4.78, 5) is 23.6. The van der Waals surface area contributed by atoms with Crippen LogP contribution in [0.25, 0.3) is 0 Å². The first-order valence-corrected chi connectivity index (χ1v) is 5.51. The van der Waals surface area contributed by atoms with Crippen molar-refractivity contribution in [3.05, 3.63) is 0 Å². The van der Waals surface area contributed by atoms with Gasteiger partial charge in [-0.05, 0) is 0 Å². The van der Waals surface area contributed by atoms with Gasteiger partial charge in [-0.3, -0.25) is 0 Å². The molecule has 0 aromatic heterocycles. The molecule has 1 atom stereocenters. The zero-order chi connectivity index (χ0) is 7.71. The first-order chi connectivity index (χ1) is 3.71. The van der Waals surface area contributed by atoms with Gasteiger partial charge in [0.2, 0.25) is 0 Å². The average molecular weight is 286 g/mol. The fraction of sp³-hybridized carbons (Fsp3) is 0. The molecule has 3 N–H and O–H groups in total. The zero-order valence-corrected chi connectivity index (χ0v) is 6.38. The van der Waals surface area contributed by atoms with Gasteiger partial charge in [-0.25, -0.2) is 9.13 Å². The molecule has 0 saturated heterocycles. The van der Waals surface area contributed by atoms with Crippen molar-refractivity contribution in [1.29, 1.82) is 0 Å². The Hall–Kier alpha value is 2.07. The molecule has 0 aromatic carbocycles. The van der Waals surface area contributed by atoms with Gasteiger partial charge in [0.05, 0.1) is 0 Å². The zero-order valence-electron chi connectivity index (χ0n) is 3.84. The van der Waals surface area contributed by atoms with E-state index in [0.29, 0.717) is 0 Å². The van der Waals surface area contributed by atoms with Crippen molar-refractivity contribution in [2.45, 2.75) is 0 Å². The van der Waals surface area contributed by atoms with E-state index in [4.69, 9.17) is 14.7 Å². The molecular formula is H5ClO6P2Sr. The van der Waals surface area contributed by atoms with E-state index >= 15 is 0 Å². The molecule has 0 aromatic rings. The molecule has 0 amide bonds. The second-order valence-electron chi connectivity index (χ2n) is 1.02. The molecule has 0 heterocycles. The number of phosphoric acid groups is 1. The topological polar surface area (TPSA) is 104 Å². The molecule has 0 bridgehead atoms. The average Bonchev–Trinajstić information content (AvgIpc) is 1.14. The van der Waals surface area contributed by atoms with Gasteiger partial charge in [0.1, 0.15) is 0 Å². The summed E-state index contributed by atoms with van der Waals surface area (Å²) in [5.41, 5.74) is 0. The molecule has 0 fully saturated rings. The fourth-order valence-electron chi connectivity index (χ4n) is 0.131. The summed E-state index contributed by atoms with van der Waals surface area (Å²) in [6.45, 7) is -4.58. The van der Waals surface area contributed by atoms with Gasteiger partial charge in [-0.2, -0.15) is 4.31 Å². The molecule has 6 nitrogen and oxygen atoms in total. The van der Waals surface area contributed by atoms with Crippen molar-refractivity contribution < 1.29 is 28.1 Å². The Balaban J connectivity index is 0. The first kappa shape index (κ1) is 14.6. The van der Waals surface area contributed by atoms with E-state index in [-0.39, 0.29) is 45.5 Å². The van der Waals surface area contributed by atoms with E-state index in [9.17, 15) is 9.13 Å². The molecule has 10 heteroatoms. The third-order valence-electron chi connectivity index (χ3n) is 0.207. The van der Waals surface area contributed by atoms with E-state index < -0.39 is 14.8 Å². The molecule has 0 radical (unpaired) electrons. The second kappa shape index (κ2) is 4.94. The van der Waals surface area contributed by atoms with Crippen LogP contribution in [-0.4, -0.2) is 60.2 Å². The van der Waals surface area contributed by atoms with Gasteiger partial charge in [-0.15, -0.1) is 0 Å². The van der Waals surface area contributed by atoms with Gasteiger partial charge in [0.25, 0.3) is 0 Å². The molecule has 0 rings (SSSR count). The summed E-state index contributed by atoms with van der Waals surface area (Å²) < 4.78 is 22.7. The quantitative estimate of drug-likeness (QED) is 0.468. The van der Waals surface area contributed by atoms with Crippen LogP contribution in [0, 0.1) is 0 Å². The minimum absolute atomic E-state index is 0. The fourth-order valence-corrected chi connectivity index (χ4v) is 1.90. The molecular weight excluding hydrogens is 281 g/mol. The van der Waals surface area contributed by atoms with Gasteiger partial charge in [0, 0.05) is 11.2 Å². The normalized spacial score (nSPS) is 17.2. The summed E-state index contributed by atoms with van der Waals surface area (Å²) in [6.07, 6.45) is 0. The molecule has 60 valence electrons. The number of hydrogen-bond donors (Lipinski definition) is 3. The van der Waals surface area contributed by atoms with Gasteiger partial charge in [0.15, 0.2) is 0 Å². The van der Waals surface area contributed by atoms with Crippen molar-refractivity contribution in [2.75, 3.05) is 0 Å². The van der Waals surface area contributed by atoms with E-state index in [1.807, 2.05) is 0 Å². The van der Waals surface area contributed by atoms with Gasteiger partial charge >= 0.3 is 60.3 Å². The summed E-state index contributed by atoms with van der Waals surface area (Å²) in [5.74, 6) is 0. The van der Waals surface area contributed by atoms with Crippen molar-refractivity contribution in [1.82, 2.24) is 0 Å². The van der Waals surface area contributed by atoms with Crippen molar-refractivity contribution >= 4 is 71.5 Å². The van der Waals surface area contributed by atoms with E-state index in [0.717, 1.165) is 0 Å². The number of hydrogen-bond acceptors (Lipinski definition) is 3. The predicted molar refractivity (Wildman–Crippen MR) is 37.4 cm³/mol. The monoisotopic (exact) mass is 286 g/mol. The Labute approximate surface area is 98.4 Å². The molecule has 0 spiro atoms. The van der Waals surface area contributed by atoms with Crippen LogP contribution >= 0.6 is 26.0 Å². The maximum absolute atomic E-state index is 9.84. The first-order valence-electron chi connectivity index (χ1n) is 1.50. The predicted octanol–water partition coefficient (Wildman–Crippen LogP) is -0.481. The molecule has 0 aliphatic rings. The van der Waals surface area contributed by atoms with Crippen LogP contribution < -0.4 is 0 Å². The maximum atomic E-state index is 9.84. The van der Waals surface area contributed by atoms with Crippen LogP contribution in [0.3, 0.4) is 0 Å². The number of halogens is 1.